The normalized spacial score (nSPS) is 12.0. The summed E-state index contributed by atoms with van der Waals surface area (Å²) in [6.45, 7) is 5.45. The molecule has 3 aromatic rings. The molecule has 9 heteroatoms. The van der Waals surface area contributed by atoms with E-state index in [2.05, 4.69) is 5.32 Å². The van der Waals surface area contributed by atoms with Crippen molar-refractivity contribution in [1.82, 2.24) is 10.2 Å². The first-order valence-electron chi connectivity index (χ1n) is 12.1. The molecule has 7 nitrogen and oxygen atoms in total. The fourth-order valence-corrected chi connectivity index (χ4v) is 5.59. The first kappa shape index (κ1) is 28.2. The van der Waals surface area contributed by atoms with Crippen LogP contribution in [0.4, 0.5) is 5.69 Å². The molecule has 0 aliphatic rings. The second-order valence-electron chi connectivity index (χ2n) is 8.65. The zero-order chi connectivity index (χ0) is 27.0. The highest BCUT2D eigenvalue weighted by Gasteiger charge is 2.32. The number of carbonyl (C=O) groups is 2. The van der Waals surface area contributed by atoms with Crippen molar-refractivity contribution in [2.45, 2.75) is 38.1 Å². The monoisotopic (exact) mass is 541 g/mol. The van der Waals surface area contributed by atoms with E-state index in [0.29, 0.717) is 29.2 Å². The Labute approximate surface area is 224 Å². The van der Waals surface area contributed by atoms with Gasteiger partial charge in [-0.1, -0.05) is 60.1 Å². The molecule has 3 aromatic carbocycles. The molecule has 0 aromatic heterocycles. The molecule has 0 saturated heterocycles. The number of amides is 2. The van der Waals surface area contributed by atoms with Gasteiger partial charge in [0.2, 0.25) is 11.8 Å². The van der Waals surface area contributed by atoms with Crippen LogP contribution in [0.2, 0.25) is 5.02 Å². The number of hydrogen-bond donors (Lipinski definition) is 1. The van der Waals surface area contributed by atoms with Gasteiger partial charge in [0, 0.05) is 18.1 Å². The van der Waals surface area contributed by atoms with Crippen molar-refractivity contribution in [3.63, 3.8) is 0 Å². The number of hydrogen-bond acceptors (Lipinski definition) is 4. The van der Waals surface area contributed by atoms with E-state index in [4.69, 9.17) is 11.6 Å². The maximum absolute atomic E-state index is 13.8. The van der Waals surface area contributed by atoms with Crippen molar-refractivity contribution in [2.24, 2.45) is 0 Å². The zero-order valence-electron chi connectivity index (χ0n) is 21.2. The first-order chi connectivity index (χ1) is 17.6. The number of rotatable bonds is 11. The first-order valence-corrected chi connectivity index (χ1v) is 13.9. The largest absolute Gasteiger partial charge is 0.355 e. The third-order valence-electron chi connectivity index (χ3n) is 6.07. The molecule has 1 N–H and O–H groups in total. The molecule has 0 radical (unpaired) electrons. The van der Waals surface area contributed by atoms with E-state index in [0.717, 1.165) is 9.87 Å². The highest BCUT2D eigenvalue weighted by molar-refractivity contribution is 7.92. The summed E-state index contributed by atoms with van der Waals surface area (Å²) in [7, 11) is -4.12. The molecule has 1 atom stereocenters. The molecule has 0 unspecified atom stereocenters. The van der Waals surface area contributed by atoms with Crippen LogP contribution in [0.25, 0.3) is 0 Å². The van der Waals surface area contributed by atoms with E-state index in [-0.39, 0.29) is 17.3 Å². The highest BCUT2D eigenvalue weighted by Crippen LogP contribution is 2.27. The van der Waals surface area contributed by atoms with Crippen LogP contribution in [0.1, 0.15) is 25.0 Å². The van der Waals surface area contributed by atoms with Gasteiger partial charge >= 0.3 is 0 Å². The summed E-state index contributed by atoms with van der Waals surface area (Å²) in [5.41, 5.74) is 2.09. The second-order valence-corrected chi connectivity index (χ2v) is 10.9. The molecule has 37 heavy (non-hydrogen) atoms. The average molecular weight is 542 g/mol. The Morgan fingerprint density at radius 2 is 1.57 bits per heavy atom. The minimum Gasteiger partial charge on any atom is -0.355 e. The third-order valence-corrected chi connectivity index (χ3v) is 8.09. The molecule has 0 saturated carbocycles. The standard InChI is InChI=1S/C28H32ClN3O4S/c1-4-30-28(34)22(3)31(19-18-23-11-6-5-7-12-23)27(33)20-32(26-13-9-8-10-21(26)2)37(35,36)25-16-14-24(29)15-17-25/h5-17,22H,4,18-20H2,1-3H3,(H,30,34)/t22-/m0/s1. The molecular formula is C28H32ClN3O4S. The third kappa shape index (κ3) is 7.11. The Morgan fingerprint density at radius 3 is 2.19 bits per heavy atom. The van der Waals surface area contributed by atoms with Crippen molar-refractivity contribution in [1.29, 1.82) is 0 Å². The topological polar surface area (TPSA) is 86.8 Å². The lowest BCUT2D eigenvalue weighted by Crippen LogP contribution is -2.52. The average Bonchev–Trinajstić information content (AvgIpc) is 2.88. The lowest BCUT2D eigenvalue weighted by atomic mass is 10.1. The Hall–Kier alpha value is -3.36. The van der Waals surface area contributed by atoms with Gasteiger partial charge in [0.25, 0.3) is 10.0 Å². The number of nitrogens with zero attached hydrogens (tertiary/aromatic N) is 2. The van der Waals surface area contributed by atoms with E-state index >= 15 is 0 Å². The fourth-order valence-electron chi connectivity index (χ4n) is 3.98. The minimum atomic E-state index is -4.12. The van der Waals surface area contributed by atoms with Crippen molar-refractivity contribution in [3.05, 3.63) is 95.0 Å². The number of anilines is 1. The Kier molecular flexibility index (Phi) is 9.72. The van der Waals surface area contributed by atoms with E-state index in [1.54, 1.807) is 45.0 Å². The van der Waals surface area contributed by atoms with Gasteiger partial charge in [-0.25, -0.2) is 8.42 Å². The van der Waals surface area contributed by atoms with Crippen LogP contribution in [0.3, 0.4) is 0 Å². The van der Waals surface area contributed by atoms with Crippen LogP contribution < -0.4 is 9.62 Å². The van der Waals surface area contributed by atoms with Crippen molar-refractivity contribution in [2.75, 3.05) is 23.9 Å². The second kappa shape index (κ2) is 12.7. The number of nitrogens with one attached hydrogen (secondary N) is 1. The number of para-hydroxylation sites is 1. The van der Waals surface area contributed by atoms with Gasteiger partial charge in [-0.3, -0.25) is 13.9 Å². The van der Waals surface area contributed by atoms with Crippen molar-refractivity contribution in [3.8, 4) is 0 Å². The maximum Gasteiger partial charge on any atom is 0.264 e. The predicted octanol–water partition coefficient (Wildman–Crippen LogP) is 4.44. The fraction of sp³-hybridized carbons (Fsp3) is 0.286. The van der Waals surface area contributed by atoms with Crippen molar-refractivity contribution < 1.29 is 18.0 Å². The maximum atomic E-state index is 13.8. The molecule has 0 aliphatic carbocycles. The zero-order valence-corrected chi connectivity index (χ0v) is 22.8. The summed E-state index contributed by atoms with van der Waals surface area (Å²) < 4.78 is 28.7. The number of sulfonamides is 1. The lowest BCUT2D eigenvalue weighted by molar-refractivity contribution is -0.138. The Morgan fingerprint density at radius 1 is 0.946 bits per heavy atom. The summed E-state index contributed by atoms with van der Waals surface area (Å²) in [4.78, 5) is 27.9. The van der Waals surface area contributed by atoms with E-state index < -0.39 is 28.5 Å². The van der Waals surface area contributed by atoms with Gasteiger partial charge < -0.3 is 10.2 Å². The van der Waals surface area contributed by atoms with E-state index in [1.807, 2.05) is 30.3 Å². The molecular weight excluding hydrogens is 510 g/mol. The molecule has 2 amide bonds. The summed E-state index contributed by atoms with van der Waals surface area (Å²) >= 11 is 5.98. The highest BCUT2D eigenvalue weighted by atomic mass is 35.5. The molecule has 0 bridgehead atoms. The van der Waals surface area contributed by atoms with Crippen LogP contribution in [0.15, 0.2) is 83.8 Å². The number of aryl methyl sites for hydroxylation is 1. The number of likely N-dealkylation sites (N-methyl/N-ethyl adjacent to an activating group) is 1. The van der Waals surface area contributed by atoms with Gasteiger partial charge in [-0.05, 0) is 68.7 Å². The summed E-state index contributed by atoms with van der Waals surface area (Å²) in [6, 6.07) is 21.6. The predicted molar refractivity (Wildman–Crippen MR) is 147 cm³/mol. The number of carbonyl (C=O) groups excluding carboxylic acids is 2. The lowest BCUT2D eigenvalue weighted by Gasteiger charge is -2.32. The Bertz CT molecular complexity index is 1310. The van der Waals surface area contributed by atoms with Crippen LogP contribution in [-0.2, 0) is 26.0 Å². The van der Waals surface area contributed by atoms with Gasteiger partial charge in [0.05, 0.1) is 10.6 Å². The Balaban J connectivity index is 1.98. The minimum absolute atomic E-state index is 0.0144. The number of halogens is 1. The van der Waals surface area contributed by atoms with Crippen LogP contribution in [0.5, 0.6) is 0 Å². The molecule has 0 heterocycles. The van der Waals surface area contributed by atoms with Crippen LogP contribution in [0, 0.1) is 6.92 Å². The van der Waals surface area contributed by atoms with Gasteiger partial charge in [-0.15, -0.1) is 0 Å². The molecule has 3 rings (SSSR count). The van der Waals surface area contributed by atoms with E-state index in [9.17, 15) is 18.0 Å². The van der Waals surface area contributed by atoms with Crippen molar-refractivity contribution >= 4 is 39.1 Å². The summed E-state index contributed by atoms with van der Waals surface area (Å²) in [5, 5.41) is 3.16. The summed E-state index contributed by atoms with van der Waals surface area (Å²) in [6.07, 6.45) is 0.518. The quantitative estimate of drug-likeness (QED) is 0.389. The van der Waals surface area contributed by atoms with Gasteiger partial charge in [-0.2, -0.15) is 0 Å². The molecule has 0 spiro atoms. The molecule has 0 fully saturated rings. The number of benzene rings is 3. The van der Waals surface area contributed by atoms with E-state index in [1.165, 1.54) is 29.2 Å². The molecule has 196 valence electrons. The smallest absolute Gasteiger partial charge is 0.264 e. The van der Waals surface area contributed by atoms with Crippen LogP contribution in [-0.4, -0.2) is 50.8 Å². The van der Waals surface area contributed by atoms with Crippen LogP contribution >= 0.6 is 11.6 Å². The summed E-state index contributed by atoms with van der Waals surface area (Å²) in [5.74, 6) is -0.776. The van der Waals surface area contributed by atoms with Gasteiger partial charge in [0.15, 0.2) is 0 Å². The van der Waals surface area contributed by atoms with Gasteiger partial charge in [0.1, 0.15) is 12.6 Å². The molecule has 0 aliphatic heterocycles. The SMILES string of the molecule is CCNC(=O)[C@H](C)N(CCc1ccccc1)C(=O)CN(c1ccccc1C)S(=O)(=O)c1ccc(Cl)cc1.